The standard InChI is InChI=1S/C14H16N2O4S/c1-10-2-5-12(20-10)9-16(11-3-4-11)21(18,19)13-6-7-14(17)15-8-13/h2,5-8,11H,3-4,9H2,1H3,(H,15,17). The number of hydrogen-bond donors (Lipinski definition) is 1. The largest absolute Gasteiger partial charge is 0.465 e. The van der Waals surface area contributed by atoms with Gasteiger partial charge in [-0.2, -0.15) is 4.31 Å². The van der Waals surface area contributed by atoms with Gasteiger partial charge in [-0.3, -0.25) is 4.79 Å². The van der Waals surface area contributed by atoms with Crippen LogP contribution in [0.15, 0.2) is 44.6 Å². The van der Waals surface area contributed by atoms with Crippen LogP contribution >= 0.6 is 0 Å². The molecule has 0 bridgehead atoms. The summed E-state index contributed by atoms with van der Waals surface area (Å²) < 4.78 is 32.3. The van der Waals surface area contributed by atoms with E-state index in [2.05, 4.69) is 4.98 Å². The number of furan rings is 1. The zero-order chi connectivity index (χ0) is 15.0. The first-order valence-corrected chi connectivity index (χ1v) is 8.17. The first-order chi connectivity index (χ1) is 9.96. The van der Waals surface area contributed by atoms with Crippen molar-refractivity contribution in [2.24, 2.45) is 0 Å². The third-order valence-corrected chi connectivity index (χ3v) is 5.32. The molecule has 2 aromatic rings. The number of nitrogens with zero attached hydrogens (tertiary/aromatic N) is 1. The number of nitrogens with one attached hydrogen (secondary N) is 1. The summed E-state index contributed by atoms with van der Waals surface area (Å²) in [5, 5.41) is 0. The van der Waals surface area contributed by atoms with Gasteiger partial charge in [0.2, 0.25) is 15.6 Å². The van der Waals surface area contributed by atoms with Crippen molar-refractivity contribution in [1.82, 2.24) is 9.29 Å². The van der Waals surface area contributed by atoms with Gasteiger partial charge in [0.25, 0.3) is 0 Å². The summed E-state index contributed by atoms with van der Waals surface area (Å²) >= 11 is 0. The topological polar surface area (TPSA) is 83.4 Å². The van der Waals surface area contributed by atoms with Crippen molar-refractivity contribution < 1.29 is 12.8 Å². The molecule has 1 aliphatic rings. The molecule has 0 unspecified atom stereocenters. The fourth-order valence-corrected chi connectivity index (χ4v) is 3.81. The number of aromatic nitrogens is 1. The number of pyridine rings is 1. The zero-order valence-corrected chi connectivity index (χ0v) is 12.4. The first kappa shape index (κ1) is 14.1. The van der Waals surface area contributed by atoms with Crippen LogP contribution in [-0.4, -0.2) is 23.7 Å². The molecule has 0 radical (unpaired) electrons. The van der Waals surface area contributed by atoms with Crippen LogP contribution in [0.2, 0.25) is 0 Å². The van der Waals surface area contributed by atoms with Crippen molar-refractivity contribution in [3.05, 3.63) is 52.3 Å². The van der Waals surface area contributed by atoms with Gasteiger partial charge in [-0.1, -0.05) is 0 Å². The Hall–Kier alpha value is -1.86. The van der Waals surface area contributed by atoms with Crippen molar-refractivity contribution in [3.63, 3.8) is 0 Å². The van der Waals surface area contributed by atoms with E-state index in [1.165, 1.54) is 22.6 Å². The van der Waals surface area contributed by atoms with Crippen LogP contribution in [0.5, 0.6) is 0 Å². The number of aromatic amines is 1. The average Bonchev–Trinajstić information content (AvgIpc) is 3.19. The molecule has 0 atom stereocenters. The molecule has 6 nitrogen and oxygen atoms in total. The van der Waals surface area contributed by atoms with Crippen LogP contribution in [-0.2, 0) is 16.6 Å². The minimum atomic E-state index is -3.64. The first-order valence-electron chi connectivity index (χ1n) is 6.73. The van der Waals surface area contributed by atoms with Crippen LogP contribution in [0.25, 0.3) is 0 Å². The Bertz CT molecular complexity index is 782. The highest BCUT2D eigenvalue weighted by molar-refractivity contribution is 7.89. The summed E-state index contributed by atoms with van der Waals surface area (Å²) in [5.41, 5.74) is -0.325. The Morgan fingerprint density at radius 3 is 2.57 bits per heavy atom. The zero-order valence-electron chi connectivity index (χ0n) is 11.6. The fraction of sp³-hybridized carbons (Fsp3) is 0.357. The van der Waals surface area contributed by atoms with E-state index in [0.29, 0.717) is 5.76 Å². The van der Waals surface area contributed by atoms with Crippen molar-refractivity contribution in [1.29, 1.82) is 0 Å². The van der Waals surface area contributed by atoms with E-state index in [4.69, 9.17) is 4.42 Å². The summed E-state index contributed by atoms with van der Waals surface area (Å²) in [6.45, 7) is 2.03. The second-order valence-corrected chi connectivity index (χ2v) is 7.07. The molecule has 2 heterocycles. The highest BCUT2D eigenvalue weighted by Crippen LogP contribution is 2.33. The smallest absolute Gasteiger partial charge is 0.247 e. The van der Waals surface area contributed by atoms with Gasteiger partial charge < -0.3 is 9.40 Å². The molecule has 7 heteroatoms. The summed E-state index contributed by atoms with van der Waals surface area (Å²) in [6.07, 6.45) is 2.94. The predicted octanol–water partition coefficient (Wildman–Crippen LogP) is 1.63. The molecule has 3 rings (SSSR count). The molecule has 1 saturated carbocycles. The van der Waals surface area contributed by atoms with E-state index in [1.807, 2.05) is 13.0 Å². The van der Waals surface area contributed by atoms with Gasteiger partial charge >= 0.3 is 0 Å². The Kier molecular flexibility index (Phi) is 3.46. The van der Waals surface area contributed by atoms with Gasteiger partial charge in [0.1, 0.15) is 11.5 Å². The van der Waals surface area contributed by atoms with Gasteiger partial charge in [-0.15, -0.1) is 0 Å². The average molecular weight is 308 g/mol. The normalized spacial score (nSPS) is 15.5. The summed E-state index contributed by atoms with van der Waals surface area (Å²) in [5.74, 6) is 1.37. The highest BCUT2D eigenvalue weighted by Gasteiger charge is 2.38. The molecule has 2 aromatic heterocycles. The lowest BCUT2D eigenvalue weighted by atomic mass is 10.4. The molecule has 21 heavy (non-hydrogen) atoms. The lowest BCUT2D eigenvalue weighted by molar-refractivity contribution is 0.351. The van der Waals surface area contributed by atoms with Crippen molar-refractivity contribution in [2.45, 2.75) is 37.2 Å². The number of rotatable bonds is 5. The SMILES string of the molecule is Cc1ccc(CN(C2CC2)S(=O)(=O)c2ccc(=O)[nH]c2)o1. The maximum atomic E-state index is 12.7. The van der Waals surface area contributed by atoms with E-state index >= 15 is 0 Å². The molecule has 1 N–H and O–H groups in total. The van der Waals surface area contributed by atoms with Crippen LogP contribution < -0.4 is 5.56 Å². The number of H-pyrrole nitrogens is 1. The van der Waals surface area contributed by atoms with E-state index in [9.17, 15) is 13.2 Å². The van der Waals surface area contributed by atoms with E-state index in [-0.39, 0.29) is 23.0 Å². The lowest BCUT2D eigenvalue weighted by Gasteiger charge is -2.20. The van der Waals surface area contributed by atoms with Gasteiger partial charge in [0, 0.05) is 18.3 Å². The van der Waals surface area contributed by atoms with Gasteiger partial charge in [-0.05, 0) is 38.0 Å². The van der Waals surface area contributed by atoms with Crippen molar-refractivity contribution in [2.75, 3.05) is 0 Å². The summed E-state index contributed by atoms with van der Waals surface area (Å²) in [6, 6.07) is 6.15. The molecular formula is C14H16N2O4S. The fourth-order valence-electron chi connectivity index (χ4n) is 2.19. The minimum Gasteiger partial charge on any atom is -0.465 e. The molecule has 0 aromatic carbocycles. The predicted molar refractivity (Wildman–Crippen MR) is 76.3 cm³/mol. The Labute approximate surface area is 122 Å². The second-order valence-electron chi connectivity index (χ2n) is 5.18. The van der Waals surface area contributed by atoms with Crippen molar-refractivity contribution in [3.8, 4) is 0 Å². The quantitative estimate of drug-likeness (QED) is 0.910. The molecular weight excluding hydrogens is 292 g/mol. The summed E-state index contributed by atoms with van der Waals surface area (Å²) in [7, 11) is -3.64. The number of aryl methyl sites for hydroxylation is 1. The highest BCUT2D eigenvalue weighted by atomic mass is 32.2. The molecule has 0 saturated heterocycles. The molecule has 0 aliphatic heterocycles. The lowest BCUT2D eigenvalue weighted by Crippen LogP contribution is -2.32. The monoisotopic (exact) mass is 308 g/mol. The minimum absolute atomic E-state index is 0.00679. The molecule has 1 aliphatic carbocycles. The Balaban J connectivity index is 1.92. The van der Waals surface area contributed by atoms with Gasteiger partial charge in [0.05, 0.1) is 11.4 Å². The van der Waals surface area contributed by atoms with Crippen LogP contribution in [0.3, 0.4) is 0 Å². The maximum absolute atomic E-state index is 12.7. The number of hydrogen-bond acceptors (Lipinski definition) is 4. The van der Waals surface area contributed by atoms with Crippen LogP contribution in [0.4, 0.5) is 0 Å². The van der Waals surface area contributed by atoms with Gasteiger partial charge in [0.15, 0.2) is 0 Å². The number of sulfonamides is 1. The maximum Gasteiger partial charge on any atom is 0.247 e. The van der Waals surface area contributed by atoms with Gasteiger partial charge in [-0.25, -0.2) is 8.42 Å². The molecule has 112 valence electrons. The van der Waals surface area contributed by atoms with Crippen molar-refractivity contribution >= 4 is 10.0 Å². The van der Waals surface area contributed by atoms with Crippen LogP contribution in [0, 0.1) is 6.92 Å². The Morgan fingerprint density at radius 1 is 1.29 bits per heavy atom. The second kappa shape index (κ2) is 5.16. The Morgan fingerprint density at radius 2 is 2.05 bits per heavy atom. The van der Waals surface area contributed by atoms with E-state index in [1.54, 1.807) is 6.07 Å². The van der Waals surface area contributed by atoms with E-state index in [0.717, 1.165) is 18.6 Å². The third kappa shape index (κ3) is 2.93. The molecule has 0 spiro atoms. The van der Waals surface area contributed by atoms with E-state index < -0.39 is 10.0 Å². The summed E-state index contributed by atoms with van der Waals surface area (Å²) in [4.78, 5) is 13.6. The third-order valence-electron chi connectivity index (χ3n) is 3.42. The molecule has 0 amide bonds. The van der Waals surface area contributed by atoms with Crippen LogP contribution in [0.1, 0.15) is 24.4 Å². The molecule has 1 fully saturated rings.